The monoisotopic (exact) mass is 323 g/mol. The second kappa shape index (κ2) is 6.87. The molecule has 0 saturated heterocycles. The SMILES string of the molecule is CCN(CCO)C(=O)c1c(C)nn(-c2ccc(F)cc2F)c1C. The Hall–Kier alpha value is -2.28. The quantitative estimate of drug-likeness (QED) is 0.918. The van der Waals surface area contributed by atoms with Crippen LogP contribution in [0.4, 0.5) is 8.78 Å². The third-order valence-electron chi connectivity index (χ3n) is 3.68. The first-order valence-electron chi connectivity index (χ1n) is 7.32. The predicted molar refractivity (Wildman–Crippen MR) is 81.6 cm³/mol. The van der Waals surface area contributed by atoms with Gasteiger partial charge in [0.05, 0.1) is 23.6 Å². The third kappa shape index (κ3) is 3.24. The predicted octanol–water partition coefficient (Wildman–Crippen LogP) is 2.22. The summed E-state index contributed by atoms with van der Waals surface area (Å²) in [5.74, 6) is -1.70. The van der Waals surface area contributed by atoms with Crippen LogP contribution < -0.4 is 0 Å². The fourth-order valence-corrected chi connectivity index (χ4v) is 2.52. The summed E-state index contributed by atoms with van der Waals surface area (Å²) >= 11 is 0. The minimum absolute atomic E-state index is 0.0799. The van der Waals surface area contributed by atoms with Crippen molar-refractivity contribution in [1.82, 2.24) is 14.7 Å². The average molecular weight is 323 g/mol. The van der Waals surface area contributed by atoms with Gasteiger partial charge in [0.25, 0.3) is 5.91 Å². The average Bonchev–Trinajstić information content (AvgIpc) is 2.79. The molecule has 5 nitrogen and oxygen atoms in total. The van der Waals surface area contributed by atoms with Gasteiger partial charge in [-0.1, -0.05) is 0 Å². The van der Waals surface area contributed by atoms with E-state index in [-0.39, 0.29) is 24.7 Å². The molecular weight excluding hydrogens is 304 g/mol. The number of carbonyl (C=O) groups excluding carboxylic acids is 1. The van der Waals surface area contributed by atoms with Gasteiger partial charge < -0.3 is 10.0 Å². The van der Waals surface area contributed by atoms with Crippen LogP contribution in [0.25, 0.3) is 5.69 Å². The summed E-state index contributed by atoms with van der Waals surface area (Å²) in [6.45, 7) is 5.63. The summed E-state index contributed by atoms with van der Waals surface area (Å²) in [6.07, 6.45) is 0. The summed E-state index contributed by atoms with van der Waals surface area (Å²) in [4.78, 5) is 14.1. The number of carbonyl (C=O) groups is 1. The van der Waals surface area contributed by atoms with E-state index >= 15 is 0 Å². The molecule has 2 rings (SSSR count). The molecular formula is C16H19F2N3O2. The molecule has 0 spiro atoms. The Morgan fingerprint density at radius 1 is 1.35 bits per heavy atom. The molecule has 0 saturated carbocycles. The summed E-state index contributed by atoms with van der Waals surface area (Å²) in [7, 11) is 0. The normalized spacial score (nSPS) is 10.9. The lowest BCUT2D eigenvalue weighted by Gasteiger charge is -2.19. The molecule has 2 aromatic rings. The van der Waals surface area contributed by atoms with E-state index < -0.39 is 11.6 Å². The molecule has 7 heteroatoms. The number of halogens is 2. The molecule has 124 valence electrons. The molecule has 0 radical (unpaired) electrons. The number of aliphatic hydroxyl groups excluding tert-OH is 1. The van der Waals surface area contributed by atoms with E-state index in [1.165, 1.54) is 15.6 Å². The molecule has 1 N–H and O–H groups in total. The Balaban J connectivity index is 2.49. The molecule has 0 atom stereocenters. The van der Waals surface area contributed by atoms with E-state index in [2.05, 4.69) is 5.10 Å². The highest BCUT2D eigenvalue weighted by Gasteiger charge is 2.24. The molecule has 0 aliphatic heterocycles. The molecule has 0 unspecified atom stereocenters. The summed E-state index contributed by atoms with van der Waals surface area (Å²) in [5.41, 5.74) is 1.36. The van der Waals surface area contributed by atoms with Gasteiger partial charge in [0.15, 0.2) is 5.82 Å². The Labute approximate surface area is 133 Å². The largest absolute Gasteiger partial charge is 0.395 e. The number of hydrogen-bond donors (Lipinski definition) is 1. The van der Waals surface area contributed by atoms with Crippen LogP contribution in [0.2, 0.25) is 0 Å². The number of aliphatic hydroxyl groups is 1. The molecule has 0 fully saturated rings. The van der Waals surface area contributed by atoms with E-state index in [1.54, 1.807) is 13.8 Å². The van der Waals surface area contributed by atoms with Crippen molar-refractivity contribution >= 4 is 5.91 Å². The molecule has 1 aromatic heterocycles. The number of hydrogen-bond acceptors (Lipinski definition) is 3. The molecule has 1 amide bonds. The highest BCUT2D eigenvalue weighted by molar-refractivity contribution is 5.96. The molecule has 0 bridgehead atoms. The van der Waals surface area contributed by atoms with Crippen LogP contribution in [-0.4, -0.2) is 45.4 Å². The van der Waals surface area contributed by atoms with Crippen molar-refractivity contribution < 1.29 is 18.7 Å². The minimum atomic E-state index is -0.752. The molecule has 1 aromatic carbocycles. The number of benzene rings is 1. The van der Waals surface area contributed by atoms with Crippen LogP contribution >= 0.6 is 0 Å². The third-order valence-corrected chi connectivity index (χ3v) is 3.68. The lowest BCUT2D eigenvalue weighted by molar-refractivity contribution is 0.0730. The fourth-order valence-electron chi connectivity index (χ4n) is 2.52. The van der Waals surface area contributed by atoms with Crippen LogP contribution in [0.1, 0.15) is 28.7 Å². The van der Waals surface area contributed by atoms with E-state index in [0.29, 0.717) is 23.5 Å². The van der Waals surface area contributed by atoms with Crippen LogP contribution in [0, 0.1) is 25.5 Å². The van der Waals surface area contributed by atoms with Crippen LogP contribution in [-0.2, 0) is 0 Å². The zero-order valence-electron chi connectivity index (χ0n) is 13.3. The smallest absolute Gasteiger partial charge is 0.257 e. The minimum Gasteiger partial charge on any atom is -0.395 e. The van der Waals surface area contributed by atoms with E-state index in [0.717, 1.165) is 12.1 Å². The zero-order valence-corrected chi connectivity index (χ0v) is 13.3. The topological polar surface area (TPSA) is 58.4 Å². The van der Waals surface area contributed by atoms with Gasteiger partial charge in [-0.15, -0.1) is 0 Å². The lowest BCUT2D eigenvalue weighted by atomic mass is 10.1. The standard InChI is InChI=1S/C16H19F2N3O2/c1-4-20(7-8-22)16(23)15-10(2)19-21(11(15)3)14-6-5-12(17)9-13(14)18/h5-6,9,22H,4,7-8H2,1-3H3. The van der Waals surface area contributed by atoms with Crippen molar-refractivity contribution in [3.05, 3.63) is 46.8 Å². The van der Waals surface area contributed by atoms with Crippen molar-refractivity contribution in [2.24, 2.45) is 0 Å². The van der Waals surface area contributed by atoms with Crippen LogP contribution in [0.3, 0.4) is 0 Å². The van der Waals surface area contributed by atoms with Crippen molar-refractivity contribution in [3.63, 3.8) is 0 Å². The van der Waals surface area contributed by atoms with E-state index in [4.69, 9.17) is 5.11 Å². The second-order valence-electron chi connectivity index (χ2n) is 5.16. The first kappa shape index (κ1) is 17.1. The summed E-state index contributed by atoms with van der Waals surface area (Å²) < 4.78 is 28.3. The van der Waals surface area contributed by atoms with Crippen LogP contribution in [0.15, 0.2) is 18.2 Å². The Bertz CT molecular complexity index is 728. The summed E-state index contributed by atoms with van der Waals surface area (Å²) in [6, 6.07) is 3.20. The van der Waals surface area contributed by atoms with E-state index in [1.807, 2.05) is 6.92 Å². The molecule has 0 aliphatic carbocycles. The molecule has 0 aliphatic rings. The summed E-state index contributed by atoms with van der Waals surface area (Å²) in [5, 5.41) is 13.3. The highest BCUT2D eigenvalue weighted by atomic mass is 19.1. The molecule has 23 heavy (non-hydrogen) atoms. The van der Waals surface area contributed by atoms with Crippen molar-refractivity contribution in [2.45, 2.75) is 20.8 Å². The van der Waals surface area contributed by atoms with E-state index in [9.17, 15) is 13.6 Å². The maximum absolute atomic E-state index is 14.0. The first-order valence-corrected chi connectivity index (χ1v) is 7.32. The van der Waals surface area contributed by atoms with Gasteiger partial charge in [-0.25, -0.2) is 13.5 Å². The van der Waals surface area contributed by atoms with Gasteiger partial charge in [-0.3, -0.25) is 4.79 Å². The van der Waals surface area contributed by atoms with Gasteiger partial charge >= 0.3 is 0 Å². The number of aryl methyl sites for hydroxylation is 1. The Morgan fingerprint density at radius 2 is 2.04 bits per heavy atom. The molecule has 1 heterocycles. The fraction of sp³-hybridized carbons (Fsp3) is 0.375. The zero-order chi connectivity index (χ0) is 17.1. The number of rotatable bonds is 5. The van der Waals surface area contributed by atoms with Gasteiger partial charge in [0.2, 0.25) is 0 Å². The maximum atomic E-state index is 14.0. The van der Waals surface area contributed by atoms with Crippen molar-refractivity contribution in [3.8, 4) is 5.69 Å². The van der Waals surface area contributed by atoms with Gasteiger partial charge in [-0.2, -0.15) is 5.10 Å². The lowest BCUT2D eigenvalue weighted by Crippen LogP contribution is -2.34. The Morgan fingerprint density at radius 3 is 2.61 bits per heavy atom. The van der Waals surface area contributed by atoms with Gasteiger partial charge in [0, 0.05) is 19.2 Å². The van der Waals surface area contributed by atoms with Crippen molar-refractivity contribution in [2.75, 3.05) is 19.7 Å². The first-order chi connectivity index (χ1) is 10.9. The van der Waals surface area contributed by atoms with Crippen molar-refractivity contribution in [1.29, 1.82) is 0 Å². The number of aromatic nitrogens is 2. The van der Waals surface area contributed by atoms with Gasteiger partial charge in [-0.05, 0) is 32.9 Å². The number of amides is 1. The maximum Gasteiger partial charge on any atom is 0.257 e. The number of nitrogens with zero attached hydrogens (tertiary/aromatic N) is 3. The Kier molecular flexibility index (Phi) is 5.10. The van der Waals surface area contributed by atoms with Gasteiger partial charge in [0.1, 0.15) is 11.5 Å². The highest BCUT2D eigenvalue weighted by Crippen LogP contribution is 2.22. The second-order valence-corrected chi connectivity index (χ2v) is 5.16. The number of likely N-dealkylation sites (N-methyl/N-ethyl adjacent to an activating group) is 1. The van der Waals surface area contributed by atoms with Crippen LogP contribution in [0.5, 0.6) is 0 Å².